The maximum absolute atomic E-state index is 13.8. The number of amides is 4. The van der Waals surface area contributed by atoms with Gasteiger partial charge in [-0.2, -0.15) is 0 Å². The molecule has 4 rings (SSSR count). The predicted molar refractivity (Wildman–Crippen MR) is 121 cm³/mol. The SMILES string of the molecule is CCCCN1C(=O)c2ccccc2N2C(=O)CCC12C(=O)Nc1cccc(NC(C)=O)c1. The summed E-state index contributed by atoms with van der Waals surface area (Å²) in [5.74, 6) is -1.10. The fourth-order valence-corrected chi connectivity index (χ4v) is 4.51. The normalized spacial score (nSPS) is 19.4. The molecule has 8 nitrogen and oxygen atoms in total. The molecule has 0 saturated carbocycles. The highest BCUT2D eigenvalue weighted by molar-refractivity contribution is 6.18. The summed E-state index contributed by atoms with van der Waals surface area (Å²) >= 11 is 0. The molecular weight excluding hydrogens is 408 g/mol. The van der Waals surface area contributed by atoms with Gasteiger partial charge in [0.15, 0.2) is 0 Å². The zero-order valence-corrected chi connectivity index (χ0v) is 18.2. The first-order valence-electron chi connectivity index (χ1n) is 10.8. The summed E-state index contributed by atoms with van der Waals surface area (Å²) in [6.07, 6.45) is 1.94. The van der Waals surface area contributed by atoms with Gasteiger partial charge in [-0.25, -0.2) is 0 Å². The van der Waals surface area contributed by atoms with Gasteiger partial charge in [0.2, 0.25) is 17.5 Å². The van der Waals surface area contributed by atoms with Crippen LogP contribution in [0.25, 0.3) is 0 Å². The number of carbonyl (C=O) groups is 4. The number of hydrogen-bond donors (Lipinski definition) is 2. The summed E-state index contributed by atoms with van der Waals surface area (Å²) in [6, 6.07) is 13.7. The average molecular weight is 434 g/mol. The van der Waals surface area contributed by atoms with Crippen molar-refractivity contribution >= 4 is 40.7 Å². The van der Waals surface area contributed by atoms with Crippen molar-refractivity contribution in [3.8, 4) is 0 Å². The molecule has 2 N–H and O–H groups in total. The standard InChI is InChI=1S/C24H26N4O4/c1-3-4-14-27-22(31)19-10-5-6-11-20(19)28-21(30)12-13-24(27,28)23(32)26-18-9-7-8-17(15-18)25-16(2)29/h5-11,15H,3-4,12-14H2,1-2H3,(H,25,29)(H,26,32). The van der Waals surface area contributed by atoms with E-state index in [0.29, 0.717) is 35.6 Å². The van der Waals surface area contributed by atoms with E-state index in [4.69, 9.17) is 0 Å². The van der Waals surface area contributed by atoms with E-state index in [2.05, 4.69) is 10.6 Å². The second-order valence-electron chi connectivity index (χ2n) is 8.09. The van der Waals surface area contributed by atoms with Crippen LogP contribution in [0.4, 0.5) is 17.1 Å². The number of carbonyl (C=O) groups excluding carboxylic acids is 4. The maximum Gasteiger partial charge on any atom is 0.271 e. The Hall–Kier alpha value is -3.68. The van der Waals surface area contributed by atoms with Crippen LogP contribution in [0.15, 0.2) is 48.5 Å². The fourth-order valence-electron chi connectivity index (χ4n) is 4.51. The van der Waals surface area contributed by atoms with E-state index in [1.165, 1.54) is 11.8 Å². The molecule has 0 aromatic heterocycles. The van der Waals surface area contributed by atoms with Crippen molar-refractivity contribution in [2.45, 2.75) is 45.2 Å². The van der Waals surface area contributed by atoms with E-state index >= 15 is 0 Å². The molecule has 2 aliphatic rings. The first kappa shape index (κ1) is 21.5. The van der Waals surface area contributed by atoms with Crippen LogP contribution in [0.5, 0.6) is 0 Å². The Bertz CT molecular complexity index is 1100. The molecule has 2 aromatic rings. The van der Waals surface area contributed by atoms with Gasteiger partial charge in [-0.15, -0.1) is 0 Å². The van der Waals surface area contributed by atoms with Gasteiger partial charge < -0.3 is 15.5 Å². The second kappa shape index (κ2) is 8.45. The minimum Gasteiger partial charge on any atom is -0.326 e. The van der Waals surface area contributed by atoms with Crippen molar-refractivity contribution in [1.29, 1.82) is 0 Å². The molecule has 1 saturated heterocycles. The first-order chi connectivity index (χ1) is 15.4. The Kier molecular flexibility index (Phi) is 5.69. The average Bonchev–Trinajstić information content (AvgIpc) is 3.12. The number of nitrogens with zero attached hydrogens (tertiary/aromatic N) is 2. The lowest BCUT2D eigenvalue weighted by Crippen LogP contribution is -2.69. The molecule has 0 spiro atoms. The van der Waals surface area contributed by atoms with Crippen molar-refractivity contribution in [2.75, 3.05) is 22.1 Å². The molecule has 32 heavy (non-hydrogen) atoms. The highest BCUT2D eigenvalue weighted by Gasteiger charge is 2.60. The number of anilines is 3. The number of hydrogen-bond acceptors (Lipinski definition) is 4. The Morgan fingerprint density at radius 2 is 1.75 bits per heavy atom. The third-order valence-corrected chi connectivity index (χ3v) is 5.91. The third-order valence-electron chi connectivity index (χ3n) is 5.91. The van der Waals surface area contributed by atoms with Crippen molar-refractivity contribution in [2.24, 2.45) is 0 Å². The molecule has 0 radical (unpaired) electrons. The Balaban J connectivity index is 1.76. The van der Waals surface area contributed by atoms with Crippen molar-refractivity contribution < 1.29 is 19.2 Å². The van der Waals surface area contributed by atoms with Gasteiger partial charge in [0, 0.05) is 37.7 Å². The predicted octanol–water partition coefficient (Wildman–Crippen LogP) is 3.36. The largest absolute Gasteiger partial charge is 0.326 e. The lowest BCUT2D eigenvalue weighted by atomic mass is 9.95. The number of fused-ring (bicyclic) bond motifs is 3. The number of rotatable bonds is 6. The van der Waals surface area contributed by atoms with Crippen LogP contribution in [0.2, 0.25) is 0 Å². The Morgan fingerprint density at radius 1 is 1.03 bits per heavy atom. The monoisotopic (exact) mass is 434 g/mol. The van der Waals surface area contributed by atoms with Gasteiger partial charge in [-0.1, -0.05) is 31.5 Å². The van der Waals surface area contributed by atoms with Crippen molar-refractivity contribution in [3.05, 3.63) is 54.1 Å². The smallest absolute Gasteiger partial charge is 0.271 e. The Morgan fingerprint density at radius 3 is 2.47 bits per heavy atom. The third kappa shape index (κ3) is 3.51. The molecule has 2 aliphatic heterocycles. The van der Waals surface area contributed by atoms with Gasteiger partial charge >= 0.3 is 0 Å². The van der Waals surface area contributed by atoms with Crippen molar-refractivity contribution in [1.82, 2.24) is 4.90 Å². The van der Waals surface area contributed by atoms with Crippen LogP contribution >= 0.6 is 0 Å². The van der Waals surface area contributed by atoms with Gasteiger partial charge in [0.1, 0.15) is 0 Å². The summed E-state index contributed by atoms with van der Waals surface area (Å²) in [4.78, 5) is 54.7. The molecule has 0 bridgehead atoms. The van der Waals surface area contributed by atoms with Gasteiger partial charge in [0.25, 0.3) is 11.8 Å². The molecular formula is C24H26N4O4. The molecule has 166 valence electrons. The van der Waals surface area contributed by atoms with E-state index < -0.39 is 11.6 Å². The summed E-state index contributed by atoms with van der Waals surface area (Å²) in [5.41, 5.74) is 0.475. The molecule has 2 heterocycles. The van der Waals surface area contributed by atoms with Crippen LogP contribution in [0.1, 0.15) is 49.9 Å². The van der Waals surface area contributed by atoms with Crippen LogP contribution in [-0.4, -0.2) is 40.7 Å². The molecule has 1 atom stereocenters. The number of unbranched alkanes of at least 4 members (excludes halogenated alkanes) is 1. The van der Waals surface area contributed by atoms with Gasteiger partial charge in [-0.3, -0.25) is 24.1 Å². The summed E-state index contributed by atoms with van der Waals surface area (Å²) < 4.78 is 0. The maximum atomic E-state index is 13.8. The summed E-state index contributed by atoms with van der Waals surface area (Å²) in [7, 11) is 0. The zero-order chi connectivity index (χ0) is 22.9. The molecule has 1 fully saturated rings. The molecule has 2 aromatic carbocycles. The van der Waals surface area contributed by atoms with Gasteiger partial charge in [0.05, 0.1) is 11.3 Å². The molecule has 0 aliphatic carbocycles. The summed E-state index contributed by atoms with van der Waals surface area (Å²) in [5, 5.41) is 5.57. The van der Waals surface area contributed by atoms with Crippen LogP contribution in [-0.2, 0) is 14.4 Å². The zero-order valence-electron chi connectivity index (χ0n) is 18.2. The summed E-state index contributed by atoms with van der Waals surface area (Å²) in [6.45, 7) is 3.79. The highest BCUT2D eigenvalue weighted by atomic mass is 16.2. The number of para-hydroxylation sites is 1. The first-order valence-corrected chi connectivity index (χ1v) is 10.8. The minimum atomic E-state index is -1.43. The molecule has 4 amide bonds. The van der Waals surface area contributed by atoms with Gasteiger partial charge in [-0.05, 0) is 36.8 Å². The Labute approximate surface area is 186 Å². The molecule has 8 heteroatoms. The van der Waals surface area contributed by atoms with Crippen LogP contribution in [0, 0.1) is 0 Å². The molecule has 1 unspecified atom stereocenters. The lowest BCUT2D eigenvalue weighted by Gasteiger charge is -2.49. The quantitative estimate of drug-likeness (QED) is 0.728. The van der Waals surface area contributed by atoms with E-state index in [-0.39, 0.29) is 30.6 Å². The topological polar surface area (TPSA) is 98.8 Å². The minimum absolute atomic E-state index is 0.170. The number of nitrogens with one attached hydrogen (secondary N) is 2. The fraction of sp³-hybridized carbons (Fsp3) is 0.333. The van der Waals surface area contributed by atoms with E-state index in [0.717, 1.165) is 6.42 Å². The van der Waals surface area contributed by atoms with Crippen LogP contribution < -0.4 is 15.5 Å². The van der Waals surface area contributed by atoms with E-state index in [9.17, 15) is 19.2 Å². The van der Waals surface area contributed by atoms with Crippen LogP contribution in [0.3, 0.4) is 0 Å². The highest BCUT2D eigenvalue weighted by Crippen LogP contribution is 2.45. The number of benzene rings is 2. The lowest BCUT2D eigenvalue weighted by molar-refractivity contribution is -0.129. The van der Waals surface area contributed by atoms with Crippen molar-refractivity contribution in [3.63, 3.8) is 0 Å². The van der Waals surface area contributed by atoms with E-state index in [1.807, 2.05) is 6.92 Å². The van der Waals surface area contributed by atoms with E-state index in [1.54, 1.807) is 53.4 Å². The second-order valence-corrected chi connectivity index (χ2v) is 8.09.